The smallest absolute Gasteiger partial charge is 0.328 e. The van der Waals surface area contributed by atoms with E-state index in [2.05, 4.69) is 15.3 Å². The molecular weight excluding hydrogens is 474 g/mol. The van der Waals surface area contributed by atoms with Crippen molar-refractivity contribution in [3.05, 3.63) is 70.8 Å². The molecule has 0 fully saturated rings. The highest BCUT2D eigenvalue weighted by Crippen LogP contribution is 2.51. The van der Waals surface area contributed by atoms with Gasteiger partial charge in [0.05, 0.1) is 5.02 Å². The SMILES string of the molecule is CC1[C@@](C)(/C=C/C(=O)O)SC(N)=N[C@]1(CF)c1cc(NC(=O)c2ccc(Cl)cn2)ccc1F. The molecule has 0 bridgehead atoms. The Hall–Kier alpha value is -2.98. The Morgan fingerprint density at radius 2 is 2.09 bits per heavy atom. The number of aromatic nitrogens is 1. The standard InChI is InChI=1S/C22H21ClF2N4O3S/c1-12-21(2,8-7-18(30)31)33-20(26)29-22(12,11-24)15-9-14(4-5-16(15)25)28-19(32)17-6-3-13(23)10-27-17/h3-10,12H,11H2,1-2H3,(H2,26,29)(H,28,32)(H,30,31)/b8-7+/t12?,21-,22+/m1/s1. The van der Waals surface area contributed by atoms with Gasteiger partial charge in [0.15, 0.2) is 5.17 Å². The number of aliphatic carboxylic acids is 1. The van der Waals surface area contributed by atoms with Gasteiger partial charge in [-0.15, -0.1) is 0 Å². The van der Waals surface area contributed by atoms with Crippen molar-refractivity contribution in [2.75, 3.05) is 12.0 Å². The Kier molecular flexibility index (Phi) is 7.08. The Bertz CT molecular complexity index is 1140. The lowest BCUT2D eigenvalue weighted by atomic mass is 9.73. The van der Waals surface area contributed by atoms with Gasteiger partial charge < -0.3 is 16.2 Å². The molecule has 4 N–H and O–H groups in total. The summed E-state index contributed by atoms with van der Waals surface area (Å²) in [6.45, 7) is 2.24. The molecule has 1 aromatic carbocycles. The van der Waals surface area contributed by atoms with Gasteiger partial charge in [-0.25, -0.2) is 23.6 Å². The molecule has 1 aliphatic heterocycles. The number of carboxylic acid groups (broad SMARTS) is 1. The van der Waals surface area contributed by atoms with E-state index in [-0.39, 0.29) is 22.1 Å². The lowest BCUT2D eigenvalue weighted by Gasteiger charge is -2.46. The summed E-state index contributed by atoms with van der Waals surface area (Å²) >= 11 is 6.86. The highest BCUT2D eigenvalue weighted by atomic mass is 35.5. The molecule has 1 aromatic heterocycles. The number of alkyl halides is 1. The summed E-state index contributed by atoms with van der Waals surface area (Å²) in [6.07, 6.45) is 3.65. The molecule has 33 heavy (non-hydrogen) atoms. The van der Waals surface area contributed by atoms with E-state index in [0.29, 0.717) is 5.02 Å². The summed E-state index contributed by atoms with van der Waals surface area (Å²) < 4.78 is 28.7. The number of carbonyl (C=O) groups is 2. The summed E-state index contributed by atoms with van der Waals surface area (Å²) in [6, 6.07) is 6.66. The van der Waals surface area contributed by atoms with Crippen molar-refractivity contribution >= 4 is 46.1 Å². The minimum absolute atomic E-state index is 0.0116. The number of hydrogen-bond acceptors (Lipinski definition) is 6. The number of amides is 1. The molecule has 7 nitrogen and oxygen atoms in total. The molecule has 1 aliphatic rings. The van der Waals surface area contributed by atoms with Crippen LogP contribution in [0.25, 0.3) is 0 Å². The molecule has 3 atom stereocenters. The normalized spacial score (nSPS) is 25.0. The second-order valence-corrected chi connectivity index (χ2v) is 9.64. The van der Waals surface area contributed by atoms with Crippen molar-refractivity contribution in [3.8, 4) is 0 Å². The molecule has 174 valence electrons. The molecule has 0 saturated heterocycles. The fourth-order valence-corrected chi connectivity index (χ4v) is 4.95. The van der Waals surface area contributed by atoms with E-state index in [1.807, 2.05) is 0 Å². The van der Waals surface area contributed by atoms with E-state index in [4.69, 9.17) is 22.4 Å². The minimum Gasteiger partial charge on any atom is -0.478 e. The second-order valence-electron chi connectivity index (χ2n) is 7.70. The zero-order valence-corrected chi connectivity index (χ0v) is 19.3. The van der Waals surface area contributed by atoms with Gasteiger partial charge in [-0.05, 0) is 37.3 Å². The summed E-state index contributed by atoms with van der Waals surface area (Å²) in [5.74, 6) is -3.19. The number of anilines is 1. The lowest BCUT2D eigenvalue weighted by Crippen LogP contribution is -2.50. The van der Waals surface area contributed by atoms with Gasteiger partial charge >= 0.3 is 5.97 Å². The van der Waals surface area contributed by atoms with Crippen LogP contribution in [0.15, 0.2) is 53.7 Å². The van der Waals surface area contributed by atoms with Crippen LogP contribution >= 0.6 is 23.4 Å². The zero-order valence-electron chi connectivity index (χ0n) is 17.7. The Balaban J connectivity index is 2.04. The number of carboxylic acids is 1. The first kappa shape index (κ1) is 24.7. The molecule has 3 rings (SSSR count). The molecular formula is C22H21ClF2N4O3S. The summed E-state index contributed by atoms with van der Waals surface area (Å²) in [4.78, 5) is 31.8. The van der Waals surface area contributed by atoms with Crippen molar-refractivity contribution < 1.29 is 23.5 Å². The predicted octanol–water partition coefficient (Wildman–Crippen LogP) is 4.39. The highest BCUT2D eigenvalue weighted by molar-refractivity contribution is 8.15. The fraction of sp³-hybridized carbons (Fsp3) is 0.273. The van der Waals surface area contributed by atoms with E-state index in [1.165, 1.54) is 36.5 Å². The molecule has 0 spiro atoms. The third-order valence-electron chi connectivity index (χ3n) is 5.62. The number of hydrogen-bond donors (Lipinski definition) is 3. The van der Waals surface area contributed by atoms with Crippen LogP contribution in [0.5, 0.6) is 0 Å². The predicted molar refractivity (Wildman–Crippen MR) is 125 cm³/mol. The number of nitrogens with zero attached hydrogens (tertiary/aromatic N) is 2. The zero-order chi connectivity index (χ0) is 24.4. The van der Waals surface area contributed by atoms with Crippen molar-refractivity contribution in [2.45, 2.75) is 24.1 Å². The first-order valence-corrected chi connectivity index (χ1v) is 11.0. The van der Waals surface area contributed by atoms with E-state index in [1.54, 1.807) is 13.8 Å². The molecule has 1 unspecified atom stereocenters. The van der Waals surface area contributed by atoms with Crippen molar-refractivity contribution in [3.63, 3.8) is 0 Å². The average Bonchev–Trinajstić information content (AvgIpc) is 2.77. The number of benzene rings is 1. The average molecular weight is 495 g/mol. The second kappa shape index (κ2) is 9.48. The van der Waals surface area contributed by atoms with Crippen LogP contribution in [0.3, 0.4) is 0 Å². The van der Waals surface area contributed by atoms with Gasteiger partial charge in [0.1, 0.15) is 23.7 Å². The van der Waals surface area contributed by atoms with Crippen LogP contribution in [-0.2, 0) is 10.3 Å². The van der Waals surface area contributed by atoms with Crippen molar-refractivity contribution in [1.29, 1.82) is 0 Å². The molecule has 0 radical (unpaired) electrons. The maximum atomic E-state index is 15.0. The van der Waals surface area contributed by atoms with Crippen LogP contribution in [-0.4, -0.2) is 38.6 Å². The number of pyridine rings is 1. The maximum absolute atomic E-state index is 15.0. The Labute approximate surface area is 198 Å². The number of aliphatic imine (C=N–C) groups is 1. The van der Waals surface area contributed by atoms with Gasteiger partial charge in [0.25, 0.3) is 5.91 Å². The monoisotopic (exact) mass is 494 g/mol. The number of nitrogens with one attached hydrogen (secondary N) is 1. The van der Waals surface area contributed by atoms with Crippen LogP contribution in [0.1, 0.15) is 29.9 Å². The minimum atomic E-state index is -1.74. The number of halogens is 3. The summed E-state index contributed by atoms with van der Waals surface area (Å²) in [7, 11) is 0. The number of thioether (sulfide) groups is 1. The number of rotatable bonds is 6. The van der Waals surface area contributed by atoms with Crippen LogP contribution < -0.4 is 11.1 Å². The summed E-state index contributed by atoms with van der Waals surface area (Å²) in [5, 5.41) is 12.0. The number of amidine groups is 1. The van der Waals surface area contributed by atoms with Gasteiger partial charge in [-0.2, -0.15) is 0 Å². The third-order valence-corrected chi connectivity index (χ3v) is 7.08. The maximum Gasteiger partial charge on any atom is 0.328 e. The number of nitrogens with two attached hydrogens (primary N) is 1. The Morgan fingerprint density at radius 3 is 2.70 bits per heavy atom. The Morgan fingerprint density at radius 1 is 1.36 bits per heavy atom. The van der Waals surface area contributed by atoms with Crippen molar-refractivity contribution in [1.82, 2.24) is 4.98 Å². The van der Waals surface area contributed by atoms with Crippen LogP contribution in [0, 0.1) is 11.7 Å². The van der Waals surface area contributed by atoms with Crippen LogP contribution in [0.2, 0.25) is 5.02 Å². The fourth-order valence-electron chi connectivity index (χ4n) is 3.67. The molecule has 1 amide bonds. The van der Waals surface area contributed by atoms with E-state index in [0.717, 1.165) is 23.9 Å². The van der Waals surface area contributed by atoms with Crippen molar-refractivity contribution in [2.24, 2.45) is 16.6 Å². The molecule has 0 saturated carbocycles. The van der Waals surface area contributed by atoms with Gasteiger partial charge in [-0.1, -0.05) is 36.4 Å². The third kappa shape index (κ3) is 5.01. The first-order valence-electron chi connectivity index (χ1n) is 9.76. The molecule has 2 aromatic rings. The molecule has 2 heterocycles. The highest BCUT2D eigenvalue weighted by Gasteiger charge is 2.52. The number of carbonyl (C=O) groups excluding carboxylic acids is 1. The van der Waals surface area contributed by atoms with Crippen LogP contribution in [0.4, 0.5) is 14.5 Å². The van der Waals surface area contributed by atoms with E-state index in [9.17, 15) is 14.0 Å². The molecule has 0 aliphatic carbocycles. The quantitative estimate of drug-likeness (QED) is 0.513. The van der Waals surface area contributed by atoms with E-state index < -0.39 is 40.6 Å². The lowest BCUT2D eigenvalue weighted by molar-refractivity contribution is -0.131. The topological polar surface area (TPSA) is 118 Å². The van der Waals surface area contributed by atoms with Gasteiger partial charge in [0, 0.05) is 34.2 Å². The summed E-state index contributed by atoms with van der Waals surface area (Å²) in [5.41, 5.74) is 4.41. The van der Waals surface area contributed by atoms with E-state index >= 15 is 4.39 Å². The largest absolute Gasteiger partial charge is 0.478 e. The van der Waals surface area contributed by atoms with Gasteiger partial charge in [0.2, 0.25) is 0 Å². The first-order chi connectivity index (χ1) is 15.5. The molecule has 11 heteroatoms. The van der Waals surface area contributed by atoms with Gasteiger partial charge in [-0.3, -0.25) is 4.79 Å².